The molecule has 0 bridgehead atoms. The molecule has 0 spiro atoms. The van der Waals surface area contributed by atoms with Gasteiger partial charge in [-0.2, -0.15) is 13.4 Å². The predicted molar refractivity (Wildman–Crippen MR) is 97.6 cm³/mol. The zero-order valence-electron chi connectivity index (χ0n) is 16.8. The maximum atomic E-state index is 9.59. The predicted octanol–water partition coefficient (Wildman–Crippen LogP) is -3.78. The SMILES string of the molecule is C[Si](C)(C)C.OC[N+](CO)(CO)C([N+](CO)(CO)CO)[N+](CO)(CO)CO. The van der Waals surface area contributed by atoms with Crippen LogP contribution in [0.3, 0.4) is 0 Å². The maximum Gasteiger partial charge on any atom is 0.360 e. The maximum absolute atomic E-state index is 9.59. The van der Waals surface area contributed by atoms with Crippen molar-refractivity contribution in [3.8, 4) is 0 Å². The van der Waals surface area contributed by atoms with Crippen molar-refractivity contribution in [2.24, 2.45) is 0 Å². The smallest absolute Gasteiger partial charge is 0.347 e. The fourth-order valence-corrected chi connectivity index (χ4v) is 2.62. The van der Waals surface area contributed by atoms with E-state index in [1.54, 1.807) is 0 Å². The van der Waals surface area contributed by atoms with Crippen LogP contribution in [0.4, 0.5) is 0 Å². The van der Waals surface area contributed by atoms with Gasteiger partial charge < -0.3 is 46.0 Å². The van der Waals surface area contributed by atoms with Gasteiger partial charge in [-0.3, -0.25) is 0 Å². The third-order valence-corrected chi connectivity index (χ3v) is 4.00. The molecule has 0 radical (unpaired) electrons. The van der Waals surface area contributed by atoms with Crippen molar-refractivity contribution in [1.29, 1.82) is 0 Å². The summed E-state index contributed by atoms with van der Waals surface area (Å²) in [4.78, 5) is 0. The normalized spacial score (nSPS) is 13.6. The quantitative estimate of drug-likeness (QED) is 0.0865. The van der Waals surface area contributed by atoms with E-state index >= 15 is 0 Å². The number of hydrogen-bond donors (Lipinski definition) is 9. The summed E-state index contributed by atoms with van der Waals surface area (Å²) in [7, 11) is -0.611. The molecule has 0 unspecified atom stereocenters. The Bertz CT molecular complexity index is 308. The molecule has 0 saturated carbocycles. The summed E-state index contributed by atoms with van der Waals surface area (Å²) < 4.78 is -3.12. The number of rotatable bonds is 12. The van der Waals surface area contributed by atoms with Crippen LogP contribution in [0.2, 0.25) is 26.2 Å². The summed E-state index contributed by atoms with van der Waals surface area (Å²) in [5.74, 6) is 0. The fraction of sp³-hybridized carbons (Fsp3) is 1.00. The van der Waals surface area contributed by atoms with Gasteiger partial charge in [0.15, 0.2) is 60.6 Å². The minimum absolute atomic E-state index is 0.611. The standard InChI is InChI=1S/C10H28N3O9.C4H12Si/c14-1-11(2-15,3-16)10(12(4-17,5-18)6-19)13(7-20,8-21)9-22;1-5(2,3)4/h10,14-22H,1-9H2;1-4H3/q+3;. The van der Waals surface area contributed by atoms with Crippen LogP contribution in [-0.4, -0.2) is 134 Å². The zero-order valence-corrected chi connectivity index (χ0v) is 17.8. The number of aliphatic hydroxyl groups excluding tert-OH is 9. The second-order valence-corrected chi connectivity index (χ2v) is 14.3. The van der Waals surface area contributed by atoms with E-state index in [9.17, 15) is 46.0 Å². The number of quaternary nitrogens is 3. The number of aliphatic hydroxyl groups is 9. The van der Waals surface area contributed by atoms with E-state index in [4.69, 9.17) is 0 Å². The average molecular weight is 423 g/mol. The van der Waals surface area contributed by atoms with Crippen molar-refractivity contribution in [2.45, 2.75) is 32.5 Å². The zero-order chi connectivity index (χ0) is 21.9. The van der Waals surface area contributed by atoms with E-state index in [0.29, 0.717) is 0 Å². The molecule has 27 heavy (non-hydrogen) atoms. The van der Waals surface area contributed by atoms with Gasteiger partial charge in [0.1, 0.15) is 0 Å². The van der Waals surface area contributed by atoms with E-state index in [0.717, 1.165) is 0 Å². The van der Waals surface area contributed by atoms with Crippen molar-refractivity contribution in [2.75, 3.05) is 60.6 Å². The summed E-state index contributed by atoms with van der Waals surface area (Å²) in [5, 5.41) is 86.3. The van der Waals surface area contributed by atoms with Gasteiger partial charge in [0.25, 0.3) is 0 Å². The van der Waals surface area contributed by atoms with Crippen LogP contribution in [-0.2, 0) is 0 Å². The molecule has 0 aliphatic rings. The largest absolute Gasteiger partial charge is 0.360 e. The van der Waals surface area contributed by atoms with Crippen molar-refractivity contribution < 1.29 is 59.4 Å². The first-order chi connectivity index (χ1) is 12.4. The topological polar surface area (TPSA) is 182 Å². The Labute approximate surface area is 161 Å². The van der Waals surface area contributed by atoms with E-state index in [1.807, 2.05) is 0 Å². The summed E-state index contributed by atoms with van der Waals surface area (Å²) in [5.41, 5.74) is 0. The summed E-state index contributed by atoms with van der Waals surface area (Å²) >= 11 is 0. The molecule has 0 saturated heterocycles. The van der Waals surface area contributed by atoms with Crippen molar-refractivity contribution >= 4 is 8.07 Å². The van der Waals surface area contributed by atoms with Gasteiger partial charge in [0.05, 0.1) is 0 Å². The molecule has 0 aliphatic heterocycles. The third kappa shape index (κ3) is 7.25. The van der Waals surface area contributed by atoms with Crippen LogP contribution in [0.1, 0.15) is 0 Å². The Kier molecular flexibility index (Phi) is 13.2. The molecule has 0 amide bonds. The molecule has 9 N–H and O–H groups in total. The highest BCUT2D eigenvalue weighted by atomic mass is 28.3. The lowest BCUT2D eigenvalue weighted by atomic mass is 10.3. The Balaban J connectivity index is 0. The van der Waals surface area contributed by atoms with Gasteiger partial charge >= 0.3 is 6.29 Å². The highest BCUT2D eigenvalue weighted by Gasteiger charge is 2.63. The molecule has 0 aromatic rings. The van der Waals surface area contributed by atoms with E-state index in [-0.39, 0.29) is 0 Å². The molecular weight excluding hydrogens is 382 g/mol. The van der Waals surface area contributed by atoms with Crippen molar-refractivity contribution in [3.63, 3.8) is 0 Å². The average Bonchev–Trinajstić information content (AvgIpc) is 2.65. The van der Waals surface area contributed by atoms with Gasteiger partial charge in [0.2, 0.25) is 0 Å². The highest BCUT2D eigenvalue weighted by Crippen LogP contribution is 2.30. The van der Waals surface area contributed by atoms with Gasteiger partial charge in [-0.15, -0.1) is 0 Å². The van der Waals surface area contributed by atoms with Crippen LogP contribution in [0.25, 0.3) is 0 Å². The molecule has 0 heterocycles. The van der Waals surface area contributed by atoms with Crippen LogP contribution < -0.4 is 0 Å². The van der Waals surface area contributed by atoms with E-state index < -0.39 is 88.4 Å². The summed E-state index contributed by atoms with van der Waals surface area (Å²) in [6.45, 7) is 1.03. The minimum atomic E-state index is -1.58. The van der Waals surface area contributed by atoms with E-state index in [2.05, 4.69) is 26.2 Å². The Morgan fingerprint density at radius 2 is 0.556 bits per heavy atom. The third-order valence-electron chi connectivity index (χ3n) is 4.00. The second-order valence-electron chi connectivity index (χ2n) is 8.27. The van der Waals surface area contributed by atoms with Crippen LogP contribution in [0.15, 0.2) is 0 Å². The molecule has 0 aromatic carbocycles. The van der Waals surface area contributed by atoms with Crippen LogP contribution in [0, 0.1) is 0 Å². The summed E-state index contributed by atoms with van der Waals surface area (Å²) in [6.07, 6.45) is -1.58. The number of hydrogen-bond acceptors (Lipinski definition) is 9. The molecule has 0 aromatic heterocycles. The van der Waals surface area contributed by atoms with Crippen molar-refractivity contribution in [1.82, 2.24) is 0 Å². The van der Waals surface area contributed by atoms with Gasteiger partial charge in [-0.05, 0) is 0 Å². The molecule has 12 nitrogen and oxygen atoms in total. The van der Waals surface area contributed by atoms with Gasteiger partial charge in [0, 0.05) is 8.07 Å². The molecule has 0 atom stereocenters. The Morgan fingerprint density at radius 1 is 0.444 bits per heavy atom. The monoisotopic (exact) mass is 422 g/mol. The van der Waals surface area contributed by atoms with Gasteiger partial charge in [-0.25, -0.2) is 0 Å². The summed E-state index contributed by atoms with van der Waals surface area (Å²) in [6, 6.07) is 0. The first-order valence-electron chi connectivity index (χ1n) is 8.47. The minimum Gasteiger partial charge on any atom is -0.347 e. The molecular formula is C14H40N3O9Si+3. The highest BCUT2D eigenvalue weighted by molar-refractivity contribution is 6.74. The molecule has 166 valence electrons. The fourth-order valence-electron chi connectivity index (χ4n) is 2.62. The molecule has 0 rings (SSSR count). The lowest BCUT2D eigenvalue weighted by Gasteiger charge is -2.52. The van der Waals surface area contributed by atoms with Crippen molar-refractivity contribution in [3.05, 3.63) is 0 Å². The molecule has 0 aliphatic carbocycles. The van der Waals surface area contributed by atoms with Crippen LogP contribution in [0.5, 0.6) is 0 Å². The Morgan fingerprint density at radius 3 is 0.630 bits per heavy atom. The lowest BCUT2D eigenvalue weighted by molar-refractivity contribution is -1.31. The number of nitrogens with zero attached hydrogens (tertiary/aromatic N) is 3. The first-order valence-corrected chi connectivity index (χ1v) is 12.5. The van der Waals surface area contributed by atoms with E-state index in [1.165, 1.54) is 0 Å². The van der Waals surface area contributed by atoms with Crippen LogP contribution >= 0.6 is 0 Å². The first kappa shape index (κ1) is 28.9. The Hall–Kier alpha value is -0.263. The molecule has 13 heteroatoms. The second kappa shape index (κ2) is 12.3. The van der Waals surface area contributed by atoms with Gasteiger partial charge in [-0.1, -0.05) is 26.2 Å². The lowest BCUT2D eigenvalue weighted by Crippen LogP contribution is -2.83. The molecule has 0 fully saturated rings.